The van der Waals surface area contributed by atoms with Crippen molar-refractivity contribution < 1.29 is 19.1 Å². The molecule has 0 saturated carbocycles. The molecular formula is C18H21N3O4. The molecular weight excluding hydrogens is 322 g/mol. The van der Waals surface area contributed by atoms with E-state index in [1.54, 1.807) is 36.4 Å². The van der Waals surface area contributed by atoms with Crippen LogP contribution in [0.15, 0.2) is 36.4 Å². The summed E-state index contributed by atoms with van der Waals surface area (Å²) in [7, 11) is 3.04. The van der Waals surface area contributed by atoms with Crippen LogP contribution in [-0.4, -0.2) is 37.6 Å². The van der Waals surface area contributed by atoms with Gasteiger partial charge in [-0.25, -0.2) is 4.98 Å². The maximum Gasteiger partial charge on any atom is 0.274 e. The summed E-state index contributed by atoms with van der Waals surface area (Å²) in [5.41, 5.74) is 0.780. The minimum atomic E-state index is -0.448. The molecule has 1 aromatic heterocycles. The number of nitrogens with one attached hydrogen (secondary N) is 2. The Hall–Kier alpha value is -3.09. The van der Waals surface area contributed by atoms with E-state index in [1.807, 2.05) is 6.92 Å². The van der Waals surface area contributed by atoms with Crippen molar-refractivity contribution in [1.29, 1.82) is 0 Å². The Morgan fingerprint density at radius 3 is 2.40 bits per heavy atom. The van der Waals surface area contributed by atoms with E-state index in [-0.39, 0.29) is 17.3 Å². The highest BCUT2D eigenvalue weighted by Crippen LogP contribution is 2.29. The van der Waals surface area contributed by atoms with Crippen molar-refractivity contribution >= 4 is 17.5 Å². The molecule has 7 heteroatoms. The number of nitrogens with zero attached hydrogens (tertiary/aromatic N) is 1. The van der Waals surface area contributed by atoms with Gasteiger partial charge in [-0.15, -0.1) is 0 Å². The molecule has 0 radical (unpaired) electrons. The zero-order chi connectivity index (χ0) is 18.2. The first kappa shape index (κ1) is 18.3. The summed E-state index contributed by atoms with van der Waals surface area (Å²) in [6.07, 6.45) is 0.821. The number of hydrogen-bond donors (Lipinski definition) is 2. The summed E-state index contributed by atoms with van der Waals surface area (Å²) < 4.78 is 10.4. The molecule has 2 amide bonds. The van der Waals surface area contributed by atoms with E-state index in [0.29, 0.717) is 23.7 Å². The number of methoxy groups -OCH3 is 2. The number of carbonyl (C=O) groups excluding carboxylic acids is 2. The maximum absolute atomic E-state index is 12.5. The molecule has 1 heterocycles. The molecule has 2 N–H and O–H groups in total. The summed E-state index contributed by atoms with van der Waals surface area (Å²) in [5, 5.41) is 5.45. The fourth-order valence-electron chi connectivity index (χ4n) is 2.11. The molecule has 0 atom stereocenters. The lowest BCUT2D eigenvalue weighted by atomic mass is 10.2. The lowest BCUT2D eigenvalue weighted by molar-refractivity contribution is 0.0948. The molecule has 0 spiro atoms. The number of benzene rings is 1. The quantitative estimate of drug-likeness (QED) is 0.806. The molecule has 1 aromatic carbocycles. The SMILES string of the molecule is CCCNC(=O)c1cccc(C(=O)Nc2cc(OC)ccc2OC)n1. The van der Waals surface area contributed by atoms with E-state index in [2.05, 4.69) is 15.6 Å². The summed E-state index contributed by atoms with van der Waals surface area (Å²) in [6, 6.07) is 9.79. The molecule has 0 aliphatic heterocycles. The van der Waals surface area contributed by atoms with Gasteiger partial charge in [-0.3, -0.25) is 9.59 Å². The van der Waals surface area contributed by atoms with Gasteiger partial charge in [-0.05, 0) is 30.7 Å². The highest BCUT2D eigenvalue weighted by Gasteiger charge is 2.14. The third-order valence-electron chi connectivity index (χ3n) is 3.40. The number of rotatable bonds is 7. The number of aromatic nitrogens is 1. The van der Waals surface area contributed by atoms with E-state index >= 15 is 0 Å². The minimum absolute atomic E-state index is 0.133. The minimum Gasteiger partial charge on any atom is -0.497 e. The predicted molar refractivity (Wildman–Crippen MR) is 94.4 cm³/mol. The molecule has 0 aliphatic rings. The highest BCUT2D eigenvalue weighted by molar-refractivity contribution is 6.04. The highest BCUT2D eigenvalue weighted by atomic mass is 16.5. The predicted octanol–water partition coefficient (Wildman–Crippen LogP) is 2.49. The third kappa shape index (κ3) is 4.69. The van der Waals surface area contributed by atoms with Crippen LogP contribution in [0.4, 0.5) is 5.69 Å². The lowest BCUT2D eigenvalue weighted by Gasteiger charge is -2.12. The van der Waals surface area contributed by atoms with Crippen LogP contribution in [0.3, 0.4) is 0 Å². The average molecular weight is 343 g/mol. The molecule has 7 nitrogen and oxygen atoms in total. The normalized spacial score (nSPS) is 10.0. The van der Waals surface area contributed by atoms with Crippen LogP contribution in [0.1, 0.15) is 34.3 Å². The number of pyridine rings is 1. The summed E-state index contributed by atoms with van der Waals surface area (Å²) >= 11 is 0. The summed E-state index contributed by atoms with van der Waals surface area (Å²) in [5.74, 6) is 0.315. The lowest BCUT2D eigenvalue weighted by Crippen LogP contribution is -2.26. The standard InChI is InChI=1S/C18H21N3O4/c1-4-10-19-17(22)13-6-5-7-14(20-13)18(23)21-15-11-12(24-2)8-9-16(15)25-3/h5-9,11H,4,10H2,1-3H3,(H,19,22)(H,21,23). The number of amides is 2. The average Bonchev–Trinajstić information content (AvgIpc) is 2.66. The zero-order valence-electron chi connectivity index (χ0n) is 14.5. The Kier molecular flexibility index (Phi) is 6.33. The van der Waals surface area contributed by atoms with Crippen LogP contribution in [0.2, 0.25) is 0 Å². The van der Waals surface area contributed by atoms with Crippen molar-refractivity contribution in [2.45, 2.75) is 13.3 Å². The molecule has 0 fully saturated rings. The van der Waals surface area contributed by atoms with Gasteiger partial charge in [0, 0.05) is 12.6 Å². The van der Waals surface area contributed by atoms with Crippen molar-refractivity contribution in [1.82, 2.24) is 10.3 Å². The summed E-state index contributed by atoms with van der Waals surface area (Å²) in [4.78, 5) is 28.6. The second kappa shape index (κ2) is 8.68. The van der Waals surface area contributed by atoms with E-state index < -0.39 is 5.91 Å². The fraction of sp³-hybridized carbons (Fsp3) is 0.278. The summed E-state index contributed by atoms with van der Waals surface area (Å²) in [6.45, 7) is 2.51. The van der Waals surface area contributed by atoms with Gasteiger partial charge in [0.2, 0.25) is 0 Å². The van der Waals surface area contributed by atoms with E-state index in [9.17, 15) is 9.59 Å². The Morgan fingerprint density at radius 1 is 1.04 bits per heavy atom. The van der Waals surface area contributed by atoms with Gasteiger partial charge in [0.1, 0.15) is 22.9 Å². The molecule has 2 rings (SSSR count). The van der Waals surface area contributed by atoms with Gasteiger partial charge in [0.25, 0.3) is 11.8 Å². The molecule has 2 aromatic rings. The molecule has 0 bridgehead atoms. The van der Waals surface area contributed by atoms with Gasteiger partial charge in [0.15, 0.2) is 0 Å². The second-order valence-corrected chi connectivity index (χ2v) is 5.18. The number of ether oxygens (including phenoxy) is 2. The third-order valence-corrected chi connectivity index (χ3v) is 3.40. The van der Waals surface area contributed by atoms with Gasteiger partial charge in [0.05, 0.1) is 19.9 Å². The number of carbonyl (C=O) groups is 2. The first-order valence-corrected chi connectivity index (χ1v) is 7.87. The van der Waals surface area contributed by atoms with Crippen molar-refractivity contribution in [3.05, 3.63) is 47.8 Å². The second-order valence-electron chi connectivity index (χ2n) is 5.18. The Balaban J connectivity index is 2.20. The maximum atomic E-state index is 12.5. The van der Waals surface area contributed by atoms with Gasteiger partial charge >= 0.3 is 0 Å². The molecule has 0 saturated heterocycles. The molecule has 0 aliphatic carbocycles. The smallest absolute Gasteiger partial charge is 0.274 e. The molecule has 0 unspecified atom stereocenters. The number of hydrogen-bond acceptors (Lipinski definition) is 5. The van der Waals surface area contributed by atoms with Crippen LogP contribution < -0.4 is 20.1 Å². The van der Waals surface area contributed by atoms with Crippen molar-refractivity contribution in [2.75, 3.05) is 26.1 Å². The fourth-order valence-corrected chi connectivity index (χ4v) is 2.11. The zero-order valence-corrected chi connectivity index (χ0v) is 14.5. The monoisotopic (exact) mass is 343 g/mol. The van der Waals surface area contributed by atoms with E-state index in [4.69, 9.17) is 9.47 Å². The van der Waals surface area contributed by atoms with Crippen molar-refractivity contribution in [2.24, 2.45) is 0 Å². The van der Waals surface area contributed by atoms with Gasteiger partial charge in [-0.2, -0.15) is 0 Å². The van der Waals surface area contributed by atoms with Crippen molar-refractivity contribution in [3.63, 3.8) is 0 Å². The molecule has 132 valence electrons. The Morgan fingerprint density at radius 2 is 1.76 bits per heavy atom. The van der Waals surface area contributed by atoms with Crippen LogP contribution in [0.25, 0.3) is 0 Å². The van der Waals surface area contributed by atoms with E-state index in [0.717, 1.165) is 6.42 Å². The van der Waals surface area contributed by atoms with Crippen LogP contribution in [0.5, 0.6) is 11.5 Å². The largest absolute Gasteiger partial charge is 0.497 e. The first-order valence-electron chi connectivity index (χ1n) is 7.87. The van der Waals surface area contributed by atoms with E-state index in [1.165, 1.54) is 14.2 Å². The van der Waals surface area contributed by atoms with Crippen LogP contribution >= 0.6 is 0 Å². The molecule has 25 heavy (non-hydrogen) atoms. The number of anilines is 1. The first-order chi connectivity index (χ1) is 12.1. The topological polar surface area (TPSA) is 89.6 Å². The van der Waals surface area contributed by atoms with Crippen LogP contribution in [-0.2, 0) is 0 Å². The van der Waals surface area contributed by atoms with Gasteiger partial charge in [-0.1, -0.05) is 13.0 Å². The van der Waals surface area contributed by atoms with Crippen molar-refractivity contribution in [3.8, 4) is 11.5 Å². The Bertz CT molecular complexity index is 762. The van der Waals surface area contributed by atoms with Gasteiger partial charge < -0.3 is 20.1 Å². The Labute approximate surface area is 146 Å². The van der Waals surface area contributed by atoms with Crippen LogP contribution in [0, 0.1) is 0 Å².